The smallest absolute Gasteiger partial charge is 0.337 e. The summed E-state index contributed by atoms with van der Waals surface area (Å²) >= 11 is 6.13. The average Bonchev–Trinajstić information content (AvgIpc) is 2.77. The quantitative estimate of drug-likeness (QED) is 0.884. The first-order chi connectivity index (χ1) is 9.16. The molecule has 0 aliphatic carbocycles. The molecule has 0 atom stereocenters. The Kier molecular flexibility index (Phi) is 3.16. The first kappa shape index (κ1) is 12.4. The Morgan fingerprint density at radius 1 is 1.42 bits per heavy atom. The lowest BCUT2D eigenvalue weighted by Gasteiger charge is -2.21. The fraction of sp³-hybridized carbons (Fsp3) is 0.385. The summed E-state index contributed by atoms with van der Waals surface area (Å²) < 4.78 is 1.82. The maximum Gasteiger partial charge on any atom is 0.337 e. The number of nitrogens with one attached hydrogen (secondary N) is 1. The van der Waals surface area contributed by atoms with Gasteiger partial charge in [0.25, 0.3) is 0 Å². The molecule has 1 saturated heterocycles. The first-order valence-electron chi connectivity index (χ1n) is 6.28. The molecule has 1 fully saturated rings. The topological polar surface area (TPSA) is 66.6 Å². The molecule has 5 nitrogen and oxygen atoms in total. The van der Waals surface area contributed by atoms with E-state index in [0.717, 1.165) is 37.3 Å². The zero-order valence-electron chi connectivity index (χ0n) is 10.3. The van der Waals surface area contributed by atoms with Crippen LogP contribution in [0.5, 0.6) is 0 Å². The molecule has 0 unspecified atom stereocenters. The third-order valence-corrected chi connectivity index (χ3v) is 3.85. The number of aromatic nitrogens is 2. The number of carboxylic acid groups (broad SMARTS) is 1. The van der Waals surface area contributed by atoms with Gasteiger partial charge in [-0.15, -0.1) is 0 Å². The van der Waals surface area contributed by atoms with Gasteiger partial charge in [-0.05, 0) is 38.1 Å². The van der Waals surface area contributed by atoms with Gasteiger partial charge in [0, 0.05) is 12.1 Å². The lowest BCUT2D eigenvalue weighted by molar-refractivity contribution is 0.0696. The average molecular weight is 280 g/mol. The van der Waals surface area contributed by atoms with Crippen LogP contribution in [0.1, 0.15) is 34.9 Å². The predicted octanol–water partition coefficient (Wildman–Crippen LogP) is 2.15. The Balaban J connectivity index is 2.12. The minimum absolute atomic E-state index is 0.247. The number of carboxylic acids is 1. The van der Waals surface area contributed by atoms with Crippen molar-refractivity contribution in [2.75, 3.05) is 13.1 Å². The van der Waals surface area contributed by atoms with Gasteiger partial charge < -0.3 is 14.8 Å². The highest BCUT2D eigenvalue weighted by molar-refractivity contribution is 6.32. The molecule has 0 aromatic carbocycles. The normalized spacial score (nSPS) is 16.9. The van der Waals surface area contributed by atoms with Crippen molar-refractivity contribution in [2.24, 2.45) is 0 Å². The molecular weight excluding hydrogens is 266 g/mol. The molecule has 2 aromatic rings. The summed E-state index contributed by atoms with van der Waals surface area (Å²) in [6.07, 6.45) is 3.59. The van der Waals surface area contributed by atoms with Crippen LogP contribution in [0.25, 0.3) is 5.52 Å². The molecule has 19 heavy (non-hydrogen) atoms. The van der Waals surface area contributed by atoms with Crippen LogP contribution in [0, 0.1) is 0 Å². The van der Waals surface area contributed by atoms with Crippen LogP contribution in [-0.4, -0.2) is 33.6 Å². The molecule has 1 aliphatic heterocycles. The summed E-state index contributed by atoms with van der Waals surface area (Å²) in [5.41, 5.74) is 1.01. The van der Waals surface area contributed by atoms with Gasteiger partial charge >= 0.3 is 5.97 Å². The van der Waals surface area contributed by atoms with Crippen molar-refractivity contribution in [1.29, 1.82) is 0 Å². The van der Waals surface area contributed by atoms with Crippen molar-refractivity contribution in [3.63, 3.8) is 0 Å². The van der Waals surface area contributed by atoms with E-state index in [1.807, 2.05) is 4.40 Å². The molecule has 0 amide bonds. The molecule has 0 radical (unpaired) electrons. The first-order valence-corrected chi connectivity index (χ1v) is 6.66. The summed E-state index contributed by atoms with van der Waals surface area (Å²) in [6, 6.07) is 3.26. The predicted molar refractivity (Wildman–Crippen MR) is 72.0 cm³/mol. The number of carbonyl (C=O) groups is 1. The van der Waals surface area contributed by atoms with Crippen LogP contribution < -0.4 is 5.32 Å². The van der Waals surface area contributed by atoms with E-state index < -0.39 is 5.97 Å². The van der Waals surface area contributed by atoms with E-state index in [-0.39, 0.29) is 5.56 Å². The SMILES string of the molecule is O=C(O)c1ccc2c(Cl)nc(C3CCNCC3)n2c1. The number of hydrogen-bond donors (Lipinski definition) is 2. The molecule has 0 saturated carbocycles. The number of hydrogen-bond acceptors (Lipinski definition) is 3. The van der Waals surface area contributed by atoms with Gasteiger partial charge in [-0.1, -0.05) is 11.6 Å². The number of nitrogens with zero attached hydrogens (tertiary/aromatic N) is 2. The second-order valence-corrected chi connectivity index (χ2v) is 5.12. The van der Waals surface area contributed by atoms with E-state index in [0.29, 0.717) is 11.1 Å². The van der Waals surface area contributed by atoms with E-state index in [4.69, 9.17) is 16.7 Å². The molecule has 0 spiro atoms. The fourth-order valence-electron chi connectivity index (χ4n) is 2.56. The Morgan fingerprint density at radius 2 is 2.16 bits per heavy atom. The highest BCUT2D eigenvalue weighted by Gasteiger charge is 2.22. The van der Waals surface area contributed by atoms with Gasteiger partial charge in [0.15, 0.2) is 5.15 Å². The lowest BCUT2D eigenvalue weighted by Crippen LogP contribution is -2.27. The second-order valence-electron chi connectivity index (χ2n) is 4.76. The van der Waals surface area contributed by atoms with Gasteiger partial charge in [-0.25, -0.2) is 9.78 Å². The lowest BCUT2D eigenvalue weighted by atomic mass is 9.97. The number of rotatable bonds is 2. The monoisotopic (exact) mass is 279 g/mol. The largest absolute Gasteiger partial charge is 0.478 e. The summed E-state index contributed by atoms with van der Waals surface area (Å²) in [4.78, 5) is 15.5. The number of imidazole rings is 1. The summed E-state index contributed by atoms with van der Waals surface area (Å²) in [5.74, 6) is 0.248. The van der Waals surface area contributed by atoms with E-state index in [1.165, 1.54) is 0 Å². The molecule has 0 bridgehead atoms. The third-order valence-electron chi connectivity index (χ3n) is 3.57. The van der Waals surface area contributed by atoms with Crippen molar-refractivity contribution in [2.45, 2.75) is 18.8 Å². The van der Waals surface area contributed by atoms with Gasteiger partial charge in [0.1, 0.15) is 5.82 Å². The van der Waals surface area contributed by atoms with E-state index in [2.05, 4.69) is 10.3 Å². The van der Waals surface area contributed by atoms with Crippen molar-refractivity contribution >= 4 is 23.1 Å². The fourth-order valence-corrected chi connectivity index (χ4v) is 2.81. The number of fused-ring (bicyclic) bond motifs is 1. The third kappa shape index (κ3) is 2.19. The molecular formula is C13H14ClN3O2. The summed E-state index contributed by atoms with van der Waals surface area (Å²) in [7, 11) is 0. The van der Waals surface area contributed by atoms with E-state index in [1.54, 1.807) is 18.3 Å². The summed E-state index contributed by atoms with van der Waals surface area (Å²) in [6.45, 7) is 1.91. The number of aromatic carboxylic acids is 1. The Labute approximate surface area is 115 Å². The van der Waals surface area contributed by atoms with Crippen LogP contribution in [0.4, 0.5) is 0 Å². The van der Waals surface area contributed by atoms with E-state index >= 15 is 0 Å². The Bertz CT molecular complexity index is 632. The molecule has 1 aliphatic rings. The number of piperidine rings is 1. The van der Waals surface area contributed by atoms with E-state index in [9.17, 15) is 4.79 Å². The van der Waals surface area contributed by atoms with Crippen LogP contribution in [0.3, 0.4) is 0 Å². The minimum Gasteiger partial charge on any atom is -0.478 e. The second kappa shape index (κ2) is 4.83. The number of pyridine rings is 1. The van der Waals surface area contributed by atoms with Crippen LogP contribution in [0.2, 0.25) is 5.15 Å². The van der Waals surface area contributed by atoms with Gasteiger partial charge in [-0.2, -0.15) is 0 Å². The standard InChI is InChI=1S/C13H14ClN3O2/c14-11-10-2-1-9(13(18)19)7-17(10)12(16-11)8-3-5-15-6-4-8/h1-2,7-8,15H,3-6H2,(H,18,19). The molecule has 2 N–H and O–H groups in total. The molecule has 3 heterocycles. The van der Waals surface area contributed by atoms with Crippen molar-refractivity contribution in [1.82, 2.24) is 14.7 Å². The number of halogens is 1. The van der Waals surface area contributed by atoms with Crippen LogP contribution >= 0.6 is 11.6 Å². The maximum atomic E-state index is 11.1. The van der Waals surface area contributed by atoms with Gasteiger partial charge in [0.05, 0.1) is 11.1 Å². The highest BCUT2D eigenvalue weighted by atomic mass is 35.5. The van der Waals surface area contributed by atoms with Crippen molar-refractivity contribution in [3.8, 4) is 0 Å². The molecule has 100 valence electrons. The summed E-state index contributed by atoms with van der Waals surface area (Å²) in [5, 5.41) is 12.8. The molecule has 3 rings (SSSR count). The zero-order chi connectivity index (χ0) is 13.4. The Hall–Kier alpha value is -1.59. The molecule has 2 aromatic heterocycles. The van der Waals surface area contributed by atoms with Crippen LogP contribution in [-0.2, 0) is 0 Å². The van der Waals surface area contributed by atoms with Crippen molar-refractivity contribution in [3.05, 3.63) is 34.9 Å². The van der Waals surface area contributed by atoms with Crippen molar-refractivity contribution < 1.29 is 9.90 Å². The maximum absolute atomic E-state index is 11.1. The van der Waals surface area contributed by atoms with Gasteiger partial charge in [0.2, 0.25) is 0 Å². The highest BCUT2D eigenvalue weighted by Crippen LogP contribution is 2.29. The molecule has 6 heteroatoms. The van der Waals surface area contributed by atoms with Crippen LogP contribution in [0.15, 0.2) is 18.3 Å². The zero-order valence-corrected chi connectivity index (χ0v) is 11.0. The van der Waals surface area contributed by atoms with Gasteiger partial charge in [-0.3, -0.25) is 0 Å². The minimum atomic E-state index is -0.942. The Morgan fingerprint density at radius 3 is 2.84 bits per heavy atom.